The Morgan fingerprint density at radius 3 is 2.37 bits per heavy atom. The van der Waals surface area contributed by atoms with E-state index in [1.54, 1.807) is 18.5 Å². The molecule has 0 atom stereocenters. The second kappa shape index (κ2) is 12.6. The Labute approximate surface area is 306 Å². The van der Waals surface area contributed by atoms with Crippen LogP contribution < -0.4 is 9.13 Å². The SMILES string of the molecule is [2H]C([2H])(c1ccnc(-n2c3[c-]c(Oc4[c-]c(-c5ccccn5)c5oc6c[c]([Ge]([CH3])([CH3])[CH3])ccc6c5c4)ccc3c3ccccc32)c1)C(C)(C)C.[Pt+2]. The predicted molar refractivity (Wildman–Crippen MR) is 199 cm³/mol. The Morgan fingerprint density at radius 2 is 1.59 bits per heavy atom. The molecule has 0 amide bonds. The first-order valence-electron chi connectivity index (χ1n) is 17.2. The average molecular weight is 885 g/mol. The van der Waals surface area contributed by atoms with Crippen LogP contribution in [0, 0.1) is 17.5 Å². The van der Waals surface area contributed by atoms with E-state index in [1.165, 1.54) is 4.40 Å². The van der Waals surface area contributed by atoms with Crippen LogP contribution in [-0.4, -0.2) is 27.8 Å². The molecular formula is C42H37GeN3O2Pt. The molecule has 4 aromatic heterocycles. The molecule has 7 heteroatoms. The van der Waals surface area contributed by atoms with Crippen molar-refractivity contribution >= 4 is 61.4 Å². The first-order valence-corrected chi connectivity index (χ1v) is 23.6. The van der Waals surface area contributed by atoms with Crippen LogP contribution in [0.25, 0.3) is 60.8 Å². The minimum absolute atomic E-state index is 0. The van der Waals surface area contributed by atoms with E-state index in [0.29, 0.717) is 22.9 Å². The van der Waals surface area contributed by atoms with Gasteiger partial charge in [0, 0.05) is 14.5 Å². The van der Waals surface area contributed by atoms with Crippen molar-refractivity contribution in [2.45, 2.75) is 44.4 Å². The van der Waals surface area contributed by atoms with Gasteiger partial charge in [0.15, 0.2) is 0 Å². The van der Waals surface area contributed by atoms with E-state index in [9.17, 15) is 0 Å². The van der Waals surface area contributed by atoms with E-state index in [1.807, 2.05) is 79.9 Å². The molecule has 8 aromatic rings. The normalized spacial score (nSPS) is 13.1. The Bertz CT molecular complexity index is 2580. The summed E-state index contributed by atoms with van der Waals surface area (Å²) in [5.41, 5.74) is 4.75. The number of fused-ring (bicyclic) bond motifs is 6. The van der Waals surface area contributed by atoms with Gasteiger partial charge in [-0.3, -0.25) is 0 Å². The van der Waals surface area contributed by atoms with E-state index < -0.39 is 25.1 Å². The van der Waals surface area contributed by atoms with Crippen LogP contribution in [0.1, 0.15) is 29.1 Å². The number of rotatable bonds is 6. The van der Waals surface area contributed by atoms with E-state index in [2.05, 4.69) is 64.7 Å². The van der Waals surface area contributed by atoms with Gasteiger partial charge in [0.2, 0.25) is 0 Å². The third-order valence-corrected chi connectivity index (χ3v) is 12.8. The minimum atomic E-state index is -2.10. The van der Waals surface area contributed by atoms with Crippen molar-refractivity contribution in [2.24, 2.45) is 5.41 Å². The first-order chi connectivity index (χ1) is 23.8. The fourth-order valence-corrected chi connectivity index (χ4v) is 8.75. The molecule has 0 N–H and O–H groups in total. The van der Waals surface area contributed by atoms with Crippen molar-refractivity contribution in [3.8, 4) is 28.6 Å². The van der Waals surface area contributed by atoms with Crippen molar-refractivity contribution in [3.63, 3.8) is 0 Å². The number of para-hydroxylation sites is 1. The minimum Gasteiger partial charge on any atom is -0.0645 e. The zero-order valence-electron chi connectivity index (χ0n) is 30.3. The van der Waals surface area contributed by atoms with E-state index >= 15 is 0 Å². The van der Waals surface area contributed by atoms with Crippen molar-refractivity contribution in [1.82, 2.24) is 14.5 Å². The van der Waals surface area contributed by atoms with Gasteiger partial charge in [-0.25, -0.2) is 4.98 Å². The van der Waals surface area contributed by atoms with Crippen LogP contribution in [0.15, 0.2) is 108 Å². The van der Waals surface area contributed by atoms with Gasteiger partial charge >= 0.3 is 203 Å². The molecule has 0 spiro atoms. The van der Waals surface area contributed by atoms with E-state index in [-0.39, 0.29) is 21.1 Å². The van der Waals surface area contributed by atoms with Crippen LogP contribution >= 0.6 is 0 Å². The van der Waals surface area contributed by atoms with Gasteiger partial charge in [0.1, 0.15) is 5.82 Å². The van der Waals surface area contributed by atoms with Crippen molar-refractivity contribution in [1.29, 1.82) is 0 Å². The van der Waals surface area contributed by atoms with Crippen LogP contribution in [0.5, 0.6) is 11.5 Å². The number of furan rings is 1. The molecule has 49 heavy (non-hydrogen) atoms. The van der Waals surface area contributed by atoms with Crippen LogP contribution in [-0.2, 0) is 27.4 Å². The van der Waals surface area contributed by atoms with E-state index in [4.69, 9.17) is 16.9 Å². The van der Waals surface area contributed by atoms with Gasteiger partial charge in [0.05, 0.1) is 0 Å². The number of pyridine rings is 2. The maximum absolute atomic E-state index is 8.93. The smallest absolute Gasteiger partial charge is 0.0645 e. The van der Waals surface area contributed by atoms with Gasteiger partial charge in [-0.05, 0) is 40.9 Å². The Balaban J connectivity index is 0.00000406. The Hall–Kier alpha value is -4.19. The summed E-state index contributed by atoms with van der Waals surface area (Å²) in [6.07, 6.45) is 1.88. The summed E-state index contributed by atoms with van der Waals surface area (Å²) in [5, 5.41) is 4.00. The summed E-state index contributed by atoms with van der Waals surface area (Å²) in [6, 6.07) is 37.1. The molecule has 0 bridgehead atoms. The summed E-state index contributed by atoms with van der Waals surface area (Å²) < 4.78 is 34.4. The third kappa shape index (κ3) is 6.35. The van der Waals surface area contributed by atoms with Crippen molar-refractivity contribution in [3.05, 3.63) is 121 Å². The molecule has 0 fully saturated rings. The van der Waals surface area contributed by atoms with Crippen LogP contribution in [0.4, 0.5) is 0 Å². The van der Waals surface area contributed by atoms with Gasteiger partial charge in [-0.15, -0.1) is 0 Å². The number of hydrogen-bond donors (Lipinski definition) is 0. The number of hydrogen-bond acceptors (Lipinski definition) is 4. The number of ether oxygens (including phenoxy) is 1. The molecule has 8 rings (SSSR count). The average Bonchev–Trinajstić information content (AvgIpc) is 3.62. The monoisotopic (exact) mass is 886 g/mol. The molecule has 0 aliphatic carbocycles. The number of benzene rings is 4. The predicted octanol–water partition coefficient (Wildman–Crippen LogP) is 10.7. The summed E-state index contributed by atoms with van der Waals surface area (Å²) in [7, 11) is 0. The molecule has 0 aliphatic rings. The molecule has 4 heterocycles. The second-order valence-corrected chi connectivity index (χ2v) is 25.0. The summed E-state index contributed by atoms with van der Waals surface area (Å²) >= 11 is -2.10. The van der Waals surface area contributed by atoms with Gasteiger partial charge < -0.3 is 0 Å². The molecule has 0 saturated heterocycles. The summed E-state index contributed by atoms with van der Waals surface area (Å²) in [6.45, 7) is 5.74. The third-order valence-electron chi connectivity index (χ3n) is 8.54. The second-order valence-electron chi connectivity index (χ2n) is 14.3. The molecule has 0 radical (unpaired) electrons. The fraction of sp³-hybridized carbons (Fsp3) is 0.190. The van der Waals surface area contributed by atoms with Gasteiger partial charge in [-0.1, -0.05) is 39.0 Å². The number of nitrogens with zero attached hydrogens (tertiary/aromatic N) is 3. The zero-order chi connectivity index (χ0) is 35.0. The maximum atomic E-state index is 8.93. The molecule has 0 aliphatic heterocycles. The summed E-state index contributed by atoms with van der Waals surface area (Å²) in [4.78, 5) is 9.37. The fourth-order valence-electron chi connectivity index (χ4n) is 6.35. The molecule has 4 aromatic carbocycles. The van der Waals surface area contributed by atoms with E-state index in [0.717, 1.165) is 55.0 Å². The molecule has 0 saturated carbocycles. The Morgan fingerprint density at radius 1 is 0.796 bits per heavy atom. The summed E-state index contributed by atoms with van der Waals surface area (Å²) in [5.74, 6) is 8.80. The first kappa shape index (κ1) is 30.8. The van der Waals surface area contributed by atoms with Crippen molar-refractivity contribution in [2.75, 3.05) is 0 Å². The molecule has 0 unspecified atom stereocenters. The standard InChI is InChI=1S/C42H37GeN3O2.Pt/c1-42(2,3)26-27-18-20-45-40(21-27)46-37-13-8-7-11-31(37)32-17-15-29(25-38(32)46)47-30-23-34-33-16-14-28(43(4,5)6)22-39(33)48-41(34)35(24-30)36-12-9-10-19-44-36;/h7-23H,26H2,1-6H3;/q-2;+2/i26D2;. The van der Waals surface area contributed by atoms with Crippen LogP contribution in [0.3, 0.4) is 0 Å². The van der Waals surface area contributed by atoms with Gasteiger partial charge in [0.25, 0.3) is 0 Å². The van der Waals surface area contributed by atoms with Crippen LogP contribution in [0.2, 0.25) is 17.3 Å². The van der Waals surface area contributed by atoms with Gasteiger partial charge in [-0.2, -0.15) is 0 Å². The molecule has 246 valence electrons. The molecule has 5 nitrogen and oxygen atoms in total. The molecular weight excluding hydrogens is 846 g/mol. The zero-order valence-corrected chi connectivity index (χ0v) is 32.7. The van der Waals surface area contributed by atoms with Crippen molar-refractivity contribution < 1.29 is 33.0 Å². The topological polar surface area (TPSA) is 53.1 Å². The quantitative estimate of drug-likeness (QED) is 0.123. The Kier molecular flexibility index (Phi) is 7.93. The number of aromatic nitrogens is 3.